The molecule has 2 rings (SSSR count). The van der Waals surface area contributed by atoms with Gasteiger partial charge in [-0.1, -0.05) is 6.07 Å². The lowest BCUT2D eigenvalue weighted by Crippen LogP contribution is -2.17. The van der Waals surface area contributed by atoms with Crippen molar-refractivity contribution in [3.63, 3.8) is 0 Å². The van der Waals surface area contributed by atoms with E-state index >= 15 is 0 Å². The Balaban J connectivity index is 2.46. The maximum atomic E-state index is 12.3. The van der Waals surface area contributed by atoms with E-state index in [1.54, 1.807) is 32.0 Å². The molecule has 7 heteroatoms. The molecule has 0 aromatic carbocycles. The molecule has 0 bridgehead atoms. The summed E-state index contributed by atoms with van der Waals surface area (Å²) in [6.07, 6.45) is 1.51. The molecule has 0 unspecified atom stereocenters. The number of aromatic nitrogens is 1. The summed E-state index contributed by atoms with van der Waals surface area (Å²) >= 11 is 0. The molecule has 2 aromatic heterocycles. The smallest absolute Gasteiger partial charge is 0.266 e. The second-order valence-electron chi connectivity index (χ2n) is 4.05. The largest absolute Gasteiger partial charge is 0.465 e. The van der Waals surface area contributed by atoms with Crippen molar-refractivity contribution in [3.8, 4) is 0 Å². The predicted molar refractivity (Wildman–Crippen MR) is 71.1 cm³/mol. The average molecular weight is 281 g/mol. The van der Waals surface area contributed by atoms with Gasteiger partial charge >= 0.3 is 0 Å². The fourth-order valence-corrected chi connectivity index (χ4v) is 3.38. The molecule has 102 valence electrons. The number of hydrogen-bond donors (Lipinski definition) is 2. The maximum Gasteiger partial charge on any atom is 0.266 e. The quantitative estimate of drug-likeness (QED) is 0.886. The number of sulfonamides is 1. The van der Waals surface area contributed by atoms with Crippen molar-refractivity contribution >= 4 is 15.8 Å². The van der Waals surface area contributed by atoms with Crippen molar-refractivity contribution in [2.24, 2.45) is 5.73 Å². The lowest BCUT2D eigenvalue weighted by atomic mass is 10.2. The zero-order chi connectivity index (χ0) is 14.0. The highest BCUT2D eigenvalue weighted by atomic mass is 32.2. The van der Waals surface area contributed by atoms with E-state index in [-0.39, 0.29) is 17.3 Å². The molecule has 0 amide bonds. The van der Waals surface area contributed by atoms with Gasteiger partial charge in [0.2, 0.25) is 0 Å². The van der Waals surface area contributed by atoms with E-state index in [1.807, 2.05) is 0 Å². The molecule has 0 radical (unpaired) electrons. The minimum Gasteiger partial charge on any atom is -0.465 e. The third-order valence-electron chi connectivity index (χ3n) is 2.70. The van der Waals surface area contributed by atoms with Crippen LogP contribution >= 0.6 is 0 Å². The Kier molecular flexibility index (Phi) is 3.59. The lowest BCUT2D eigenvalue weighted by Gasteiger charge is -2.07. The standard InChI is InChI=1S/C12H15N3O3S/c1-8-10(7-13)12(9(2)18-8)19(16,17)15-11-5-3-4-6-14-11/h3-6H,7,13H2,1-2H3,(H,14,15). The average Bonchev–Trinajstić information content (AvgIpc) is 2.64. The molecule has 3 N–H and O–H groups in total. The molecule has 2 heterocycles. The number of hydrogen-bond acceptors (Lipinski definition) is 5. The van der Waals surface area contributed by atoms with Crippen LogP contribution < -0.4 is 10.5 Å². The molecule has 0 atom stereocenters. The second-order valence-corrected chi connectivity index (χ2v) is 5.67. The zero-order valence-electron chi connectivity index (χ0n) is 10.7. The molecule has 0 aliphatic rings. The Morgan fingerprint density at radius 2 is 2.05 bits per heavy atom. The SMILES string of the molecule is Cc1oc(C)c(S(=O)(=O)Nc2ccccn2)c1CN. The van der Waals surface area contributed by atoms with Crippen molar-refractivity contribution in [1.82, 2.24) is 4.98 Å². The highest BCUT2D eigenvalue weighted by Gasteiger charge is 2.26. The van der Waals surface area contributed by atoms with Crippen LogP contribution in [0.15, 0.2) is 33.7 Å². The molecule has 0 aliphatic carbocycles. The summed E-state index contributed by atoms with van der Waals surface area (Å²) < 4.78 is 32.4. The van der Waals surface area contributed by atoms with E-state index < -0.39 is 10.0 Å². The molecule has 0 spiro atoms. The molecule has 0 saturated heterocycles. The summed E-state index contributed by atoms with van der Waals surface area (Å²) in [6, 6.07) is 4.97. The minimum atomic E-state index is -3.75. The second kappa shape index (κ2) is 5.02. The van der Waals surface area contributed by atoms with Gasteiger partial charge in [0.1, 0.15) is 22.2 Å². The number of rotatable bonds is 4. The van der Waals surface area contributed by atoms with Gasteiger partial charge < -0.3 is 10.2 Å². The van der Waals surface area contributed by atoms with E-state index in [2.05, 4.69) is 9.71 Å². The first kappa shape index (κ1) is 13.6. The Hall–Kier alpha value is -1.86. The van der Waals surface area contributed by atoms with E-state index in [1.165, 1.54) is 6.20 Å². The van der Waals surface area contributed by atoms with Crippen LogP contribution in [-0.2, 0) is 16.6 Å². The van der Waals surface area contributed by atoms with Crippen molar-refractivity contribution in [1.29, 1.82) is 0 Å². The Labute approximate surface area is 111 Å². The normalized spacial score (nSPS) is 11.5. The molecule has 0 aliphatic heterocycles. The van der Waals surface area contributed by atoms with Gasteiger partial charge in [-0.2, -0.15) is 0 Å². The van der Waals surface area contributed by atoms with Gasteiger partial charge in [-0.15, -0.1) is 0 Å². The minimum absolute atomic E-state index is 0.0955. The number of anilines is 1. The molecular weight excluding hydrogens is 266 g/mol. The van der Waals surface area contributed by atoms with Gasteiger partial charge in [-0.05, 0) is 26.0 Å². The number of aryl methyl sites for hydroxylation is 2. The predicted octanol–water partition coefficient (Wildman–Crippen LogP) is 1.55. The van der Waals surface area contributed by atoms with E-state index in [9.17, 15) is 8.42 Å². The summed E-state index contributed by atoms with van der Waals surface area (Å²) in [6.45, 7) is 3.38. The Bertz CT molecular complexity index is 678. The van der Waals surface area contributed by atoms with Gasteiger partial charge in [0.05, 0.1) is 0 Å². The summed E-state index contributed by atoms with van der Waals surface area (Å²) in [5, 5.41) is 0. The van der Waals surface area contributed by atoms with Crippen LogP contribution in [0.2, 0.25) is 0 Å². The summed E-state index contributed by atoms with van der Waals surface area (Å²) in [5.74, 6) is 1.09. The van der Waals surface area contributed by atoms with Crippen molar-refractivity contribution in [2.75, 3.05) is 4.72 Å². The monoisotopic (exact) mass is 281 g/mol. The third kappa shape index (κ3) is 2.61. The van der Waals surface area contributed by atoms with Gasteiger partial charge in [0.15, 0.2) is 0 Å². The van der Waals surface area contributed by atoms with Gasteiger partial charge in [0.25, 0.3) is 10.0 Å². The highest BCUT2D eigenvalue weighted by Crippen LogP contribution is 2.27. The zero-order valence-corrected chi connectivity index (χ0v) is 11.5. The van der Waals surface area contributed by atoms with Crippen LogP contribution in [-0.4, -0.2) is 13.4 Å². The van der Waals surface area contributed by atoms with Crippen LogP contribution in [0.25, 0.3) is 0 Å². The van der Waals surface area contributed by atoms with E-state index in [0.717, 1.165) is 0 Å². The van der Waals surface area contributed by atoms with Gasteiger partial charge in [-0.25, -0.2) is 13.4 Å². The highest BCUT2D eigenvalue weighted by molar-refractivity contribution is 7.92. The van der Waals surface area contributed by atoms with Crippen molar-refractivity contribution < 1.29 is 12.8 Å². The Morgan fingerprint density at radius 1 is 1.32 bits per heavy atom. The molecular formula is C12H15N3O3S. The number of furan rings is 1. The first-order chi connectivity index (χ1) is 8.95. The number of nitrogens with two attached hydrogens (primary N) is 1. The fraction of sp³-hybridized carbons (Fsp3) is 0.250. The lowest BCUT2D eigenvalue weighted by molar-refractivity contribution is 0.494. The first-order valence-corrected chi connectivity index (χ1v) is 7.17. The van der Waals surface area contributed by atoms with Crippen molar-refractivity contribution in [2.45, 2.75) is 25.3 Å². The summed E-state index contributed by atoms with van der Waals surface area (Å²) in [7, 11) is -3.75. The molecule has 0 fully saturated rings. The molecule has 2 aromatic rings. The van der Waals surface area contributed by atoms with Gasteiger partial charge in [0, 0.05) is 18.3 Å². The van der Waals surface area contributed by atoms with Crippen LogP contribution in [0, 0.1) is 13.8 Å². The summed E-state index contributed by atoms with van der Waals surface area (Å²) in [5.41, 5.74) is 6.07. The molecule has 0 saturated carbocycles. The number of nitrogens with zero attached hydrogens (tertiary/aromatic N) is 1. The number of pyridine rings is 1. The van der Waals surface area contributed by atoms with E-state index in [0.29, 0.717) is 17.1 Å². The molecule has 19 heavy (non-hydrogen) atoms. The maximum absolute atomic E-state index is 12.3. The van der Waals surface area contributed by atoms with Crippen LogP contribution in [0.1, 0.15) is 17.1 Å². The van der Waals surface area contributed by atoms with Crippen LogP contribution in [0.4, 0.5) is 5.82 Å². The molecule has 6 nitrogen and oxygen atoms in total. The van der Waals surface area contributed by atoms with Gasteiger partial charge in [-0.3, -0.25) is 4.72 Å². The van der Waals surface area contributed by atoms with Crippen LogP contribution in [0.5, 0.6) is 0 Å². The van der Waals surface area contributed by atoms with Crippen molar-refractivity contribution in [3.05, 3.63) is 41.5 Å². The fourth-order valence-electron chi connectivity index (χ4n) is 1.91. The van der Waals surface area contributed by atoms with E-state index in [4.69, 9.17) is 10.2 Å². The third-order valence-corrected chi connectivity index (χ3v) is 4.25. The topological polar surface area (TPSA) is 98.2 Å². The van der Waals surface area contributed by atoms with Crippen LogP contribution in [0.3, 0.4) is 0 Å². The number of nitrogens with one attached hydrogen (secondary N) is 1. The first-order valence-electron chi connectivity index (χ1n) is 5.68. The summed E-state index contributed by atoms with van der Waals surface area (Å²) in [4.78, 5) is 4.02. The Morgan fingerprint density at radius 3 is 2.63 bits per heavy atom.